The third-order valence-electron chi connectivity index (χ3n) is 4.03. The minimum absolute atomic E-state index is 0.0387. The van der Waals surface area contributed by atoms with E-state index in [2.05, 4.69) is 27.9 Å². The molecule has 26 heavy (non-hydrogen) atoms. The number of benzene rings is 2. The monoisotopic (exact) mass is 467 g/mol. The molecule has 5 nitrogen and oxygen atoms in total. The molecule has 0 bridgehead atoms. The van der Waals surface area contributed by atoms with Gasteiger partial charge < -0.3 is 14.8 Å². The highest BCUT2D eigenvalue weighted by Crippen LogP contribution is 2.29. The van der Waals surface area contributed by atoms with Crippen LogP contribution in [0.2, 0.25) is 0 Å². The van der Waals surface area contributed by atoms with E-state index in [9.17, 15) is 9.59 Å². The quantitative estimate of drug-likeness (QED) is 0.468. The molecule has 138 valence electrons. The molecule has 0 unspecified atom stereocenters. The number of carbonyl (C=O) groups excluding carboxylic acids is 2. The lowest BCUT2D eigenvalue weighted by atomic mass is 10.0. The fourth-order valence-corrected chi connectivity index (χ4v) is 2.94. The number of ether oxygens (including phenoxy) is 2. The molecule has 0 saturated heterocycles. The number of rotatable bonds is 8. The predicted molar refractivity (Wildman–Crippen MR) is 109 cm³/mol. The molecule has 0 fully saturated rings. The first-order valence-electron chi connectivity index (χ1n) is 8.24. The third kappa shape index (κ3) is 5.45. The molecule has 0 aliphatic heterocycles. The van der Waals surface area contributed by atoms with E-state index in [0.717, 1.165) is 9.13 Å². The number of methoxy groups -OCH3 is 2. The second kappa shape index (κ2) is 9.56. The van der Waals surface area contributed by atoms with Gasteiger partial charge in [-0.05, 0) is 59.8 Å². The minimum atomic E-state index is -0.263. The van der Waals surface area contributed by atoms with E-state index in [1.807, 2.05) is 25.1 Å². The Labute approximate surface area is 167 Å². The van der Waals surface area contributed by atoms with Crippen LogP contribution in [-0.4, -0.2) is 25.9 Å². The largest absolute Gasteiger partial charge is 0.497 e. The van der Waals surface area contributed by atoms with Gasteiger partial charge in [0.2, 0.25) is 5.91 Å². The zero-order chi connectivity index (χ0) is 19.1. The normalized spacial score (nSPS) is 11.5. The number of amides is 1. The van der Waals surface area contributed by atoms with Crippen LogP contribution in [0, 0.1) is 3.57 Å². The zero-order valence-electron chi connectivity index (χ0n) is 15.0. The lowest BCUT2D eigenvalue weighted by molar-refractivity contribution is -0.121. The molecule has 2 rings (SSSR count). The van der Waals surface area contributed by atoms with E-state index < -0.39 is 0 Å². The van der Waals surface area contributed by atoms with Crippen molar-refractivity contribution in [3.05, 3.63) is 57.2 Å². The summed E-state index contributed by atoms with van der Waals surface area (Å²) in [5, 5.41) is 2.91. The Morgan fingerprint density at radius 2 is 1.73 bits per heavy atom. The molecule has 1 N–H and O–H groups in total. The Morgan fingerprint density at radius 1 is 1.04 bits per heavy atom. The zero-order valence-corrected chi connectivity index (χ0v) is 17.2. The summed E-state index contributed by atoms with van der Waals surface area (Å²) in [5.41, 5.74) is 1.45. The topological polar surface area (TPSA) is 64.6 Å². The molecule has 0 saturated carbocycles. The van der Waals surface area contributed by atoms with Gasteiger partial charge in [0.1, 0.15) is 11.5 Å². The van der Waals surface area contributed by atoms with Gasteiger partial charge in [-0.3, -0.25) is 9.59 Å². The van der Waals surface area contributed by atoms with Gasteiger partial charge in [0.25, 0.3) is 0 Å². The highest BCUT2D eigenvalue weighted by molar-refractivity contribution is 14.1. The van der Waals surface area contributed by atoms with E-state index in [0.29, 0.717) is 17.1 Å². The van der Waals surface area contributed by atoms with Crippen LogP contribution in [0.4, 0.5) is 0 Å². The molecule has 0 aliphatic rings. The van der Waals surface area contributed by atoms with Gasteiger partial charge in [0.15, 0.2) is 5.78 Å². The molecule has 6 heteroatoms. The minimum Gasteiger partial charge on any atom is -0.497 e. The van der Waals surface area contributed by atoms with Crippen LogP contribution in [0.15, 0.2) is 42.5 Å². The van der Waals surface area contributed by atoms with Crippen LogP contribution in [0.25, 0.3) is 0 Å². The first kappa shape index (κ1) is 20.2. The van der Waals surface area contributed by atoms with Crippen molar-refractivity contribution in [2.45, 2.75) is 25.8 Å². The number of ketones is 1. The average Bonchev–Trinajstić information content (AvgIpc) is 2.66. The lowest BCUT2D eigenvalue weighted by Gasteiger charge is -2.18. The number of halogens is 1. The Kier molecular flexibility index (Phi) is 7.44. The van der Waals surface area contributed by atoms with Crippen LogP contribution < -0.4 is 14.8 Å². The van der Waals surface area contributed by atoms with Crippen LogP contribution in [0.1, 0.15) is 41.7 Å². The van der Waals surface area contributed by atoms with Crippen molar-refractivity contribution in [3.8, 4) is 11.5 Å². The molecule has 0 radical (unpaired) electrons. The highest BCUT2D eigenvalue weighted by atomic mass is 127. The van der Waals surface area contributed by atoms with Crippen LogP contribution >= 0.6 is 22.6 Å². The van der Waals surface area contributed by atoms with Crippen molar-refractivity contribution < 1.29 is 19.1 Å². The summed E-state index contributed by atoms with van der Waals surface area (Å²) in [6.45, 7) is 1.87. The Bertz CT molecular complexity index is 774. The van der Waals surface area contributed by atoms with Crippen molar-refractivity contribution in [1.82, 2.24) is 5.32 Å². The Morgan fingerprint density at radius 3 is 2.35 bits per heavy atom. The number of Topliss-reactive ketones (excluding diaryl/α,β-unsaturated/α-hetero) is 1. The first-order chi connectivity index (χ1) is 12.4. The summed E-state index contributed by atoms with van der Waals surface area (Å²) in [6.07, 6.45) is 0.315. The second-order valence-electron chi connectivity index (χ2n) is 5.83. The van der Waals surface area contributed by atoms with Gasteiger partial charge in [0, 0.05) is 27.5 Å². The summed E-state index contributed by atoms with van der Waals surface area (Å²) in [4.78, 5) is 24.4. The molecular formula is C20H22INO4. The molecule has 1 amide bonds. The fourth-order valence-electron chi connectivity index (χ4n) is 2.58. The van der Waals surface area contributed by atoms with Crippen molar-refractivity contribution in [1.29, 1.82) is 0 Å². The molecule has 2 aromatic rings. The van der Waals surface area contributed by atoms with Crippen LogP contribution in [-0.2, 0) is 4.79 Å². The van der Waals surface area contributed by atoms with Gasteiger partial charge in [-0.1, -0.05) is 12.1 Å². The van der Waals surface area contributed by atoms with E-state index in [1.165, 1.54) is 0 Å². The molecule has 0 aliphatic carbocycles. The Balaban J connectivity index is 1.95. The van der Waals surface area contributed by atoms with Crippen molar-refractivity contribution in [2.75, 3.05) is 14.2 Å². The van der Waals surface area contributed by atoms with E-state index >= 15 is 0 Å². The maximum atomic E-state index is 12.2. The lowest BCUT2D eigenvalue weighted by Crippen LogP contribution is -2.27. The third-order valence-corrected chi connectivity index (χ3v) is 4.75. The summed E-state index contributed by atoms with van der Waals surface area (Å²) < 4.78 is 11.7. The van der Waals surface area contributed by atoms with Gasteiger partial charge in [-0.15, -0.1) is 0 Å². The SMILES string of the molecule is COc1ccc(OC)c([C@H](C)NC(=O)CCC(=O)c2ccc(I)cc2)c1. The number of carbonyl (C=O) groups is 2. The van der Waals surface area contributed by atoms with Gasteiger partial charge in [-0.25, -0.2) is 0 Å². The maximum absolute atomic E-state index is 12.2. The number of hydrogen-bond acceptors (Lipinski definition) is 4. The van der Waals surface area contributed by atoms with E-state index in [4.69, 9.17) is 9.47 Å². The molecule has 2 aromatic carbocycles. The average molecular weight is 467 g/mol. The molecule has 0 heterocycles. The summed E-state index contributed by atoms with van der Waals surface area (Å²) >= 11 is 2.19. The van der Waals surface area contributed by atoms with Crippen LogP contribution in [0.5, 0.6) is 11.5 Å². The fraction of sp³-hybridized carbons (Fsp3) is 0.300. The number of nitrogens with one attached hydrogen (secondary N) is 1. The number of hydrogen-bond donors (Lipinski definition) is 1. The first-order valence-corrected chi connectivity index (χ1v) is 9.32. The van der Waals surface area contributed by atoms with Gasteiger partial charge in [-0.2, -0.15) is 0 Å². The van der Waals surface area contributed by atoms with E-state index in [1.54, 1.807) is 38.5 Å². The smallest absolute Gasteiger partial charge is 0.220 e. The molecule has 0 aromatic heterocycles. The standard InChI is InChI=1S/C20H22INO4/c1-13(17-12-16(25-2)8-10-19(17)26-3)22-20(24)11-9-18(23)14-4-6-15(21)7-5-14/h4-8,10,12-13H,9,11H2,1-3H3,(H,22,24)/t13-/m0/s1. The van der Waals surface area contributed by atoms with Crippen LogP contribution in [0.3, 0.4) is 0 Å². The summed E-state index contributed by atoms with van der Waals surface area (Å²) in [7, 11) is 3.17. The summed E-state index contributed by atoms with van der Waals surface area (Å²) in [5.74, 6) is 1.15. The highest BCUT2D eigenvalue weighted by Gasteiger charge is 2.16. The van der Waals surface area contributed by atoms with Crippen molar-refractivity contribution in [2.24, 2.45) is 0 Å². The molecule has 1 atom stereocenters. The van der Waals surface area contributed by atoms with Gasteiger partial charge >= 0.3 is 0 Å². The molecule has 0 spiro atoms. The van der Waals surface area contributed by atoms with E-state index in [-0.39, 0.29) is 30.6 Å². The van der Waals surface area contributed by atoms with Crippen molar-refractivity contribution >= 4 is 34.3 Å². The maximum Gasteiger partial charge on any atom is 0.220 e. The second-order valence-corrected chi connectivity index (χ2v) is 7.07. The summed E-state index contributed by atoms with van der Waals surface area (Å²) in [6, 6.07) is 12.5. The van der Waals surface area contributed by atoms with Crippen molar-refractivity contribution in [3.63, 3.8) is 0 Å². The van der Waals surface area contributed by atoms with Gasteiger partial charge in [0.05, 0.1) is 20.3 Å². The molecular weight excluding hydrogens is 445 g/mol. The predicted octanol–water partition coefficient (Wildman–Crippen LogP) is 4.15. The Hall–Kier alpha value is -2.09.